The summed E-state index contributed by atoms with van der Waals surface area (Å²) in [5.41, 5.74) is 3.93. The van der Waals surface area contributed by atoms with Gasteiger partial charge in [0.2, 0.25) is 0 Å². The molecule has 2 unspecified atom stereocenters. The van der Waals surface area contributed by atoms with Gasteiger partial charge >= 0.3 is 0 Å². The van der Waals surface area contributed by atoms with Gasteiger partial charge in [-0.3, -0.25) is 16.0 Å². The molecule has 2 atom stereocenters. The molecule has 7 heteroatoms. The Labute approximate surface area is 114 Å². The van der Waals surface area contributed by atoms with E-state index in [1.807, 2.05) is 24.0 Å². The number of nitrogens with two attached hydrogens (primary N) is 1. The Hall–Kier alpha value is -0.920. The number of hydrazine groups is 1. The molecule has 19 heavy (non-hydrogen) atoms. The zero-order valence-corrected chi connectivity index (χ0v) is 12.1. The molecule has 1 fully saturated rings. The molecule has 108 valence electrons. The Bertz CT molecular complexity index is 512. The normalized spacial score (nSPS) is 23.6. The Morgan fingerprint density at radius 1 is 1.63 bits per heavy atom. The van der Waals surface area contributed by atoms with Crippen LogP contribution in [0.1, 0.15) is 25.3 Å². The highest BCUT2D eigenvalue weighted by Crippen LogP contribution is 2.23. The average molecular weight is 286 g/mol. The summed E-state index contributed by atoms with van der Waals surface area (Å²) in [5.74, 6) is 6.44. The molecule has 1 aromatic rings. The number of hydrogen-bond donors (Lipinski definition) is 2. The van der Waals surface area contributed by atoms with E-state index in [0.717, 1.165) is 31.4 Å². The molecule has 0 bridgehead atoms. The second-order valence-corrected chi connectivity index (χ2v) is 7.51. The molecule has 3 N–H and O–H groups in total. The Kier molecular flexibility index (Phi) is 4.59. The van der Waals surface area contributed by atoms with Gasteiger partial charge in [-0.05, 0) is 37.7 Å². The van der Waals surface area contributed by atoms with E-state index in [2.05, 4.69) is 10.5 Å². The topological polar surface area (TPSA) is 90.0 Å². The molecule has 1 aromatic heterocycles. The lowest BCUT2D eigenvalue weighted by atomic mass is 9.96. The number of hydrogen-bond acceptors (Lipinski definition) is 5. The maximum atomic E-state index is 11.4. The molecular weight excluding hydrogens is 264 g/mol. The monoisotopic (exact) mass is 286 g/mol. The van der Waals surface area contributed by atoms with E-state index in [-0.39, 0.29) is 12.0 Å². The van der Waals surface area contributed by atoms with Crippen LogP contribution in [-0.4, -0.2) is 35.7 Å². The minimum absolute atomic E-state index is 0.104. The maximum absolute atomic E-state index is 11.4. The number of nitrogens with zero attached hydrogens (tertiary/aromatic N) is 2. The van der Waals surface area contributed by atoms with Crippen molar-refractivity contribution in [2.24, 2.45) is 11.8 Å². The molecule has 2 rings (SSSR count). The first-order chi connectivity index (χ1) is 9.02. The van der Waals surface area contributed by atoms with Crippen LogP contribution < -0.4 is 11.3 Å². The van der Waals surface area contributed by atoms with Gasteiger partial charge < -0.3 is 0 Å². The molecule has 2 heterocycles. The Morgan fingerprint density at radius 3 is 2.95 bits per heavy atom. The van der Waals surface area contributed by atoms with Crippen molar-refractivity contribution in [3.05, 3.63) is 18.0 Å². The van der Waals surface area contributed by atoms with Crippen molar-refractivity contribution in [1.82, 2.24) is 15.2 Å². The van der Waals surface area contributed by atoms with Crippen LogP contribution in [0.5, 0.6) is 0 Å². The Balaban J connectivity index is 1.90. The van der Waals surface area contributed by atoms with Crippen molar-refractivity contribution in [2.45, 2.75) is 38.8 Å². The third kappa shape index (κ3) is 4.02. The van der Waals surface area contributed by atoms with Gasteiger partial charge in [0.05, 0.1) is 17.7 Å². The molecule has 0 radical (unpaired) electrons. The molecule has 0 aliphatic carbocycles. The number of aryl methyl sites for hydroxylation is 1. The lowest BCUT2D eigenvalue weighted by Gasteiger charge is -2.18. The van der Waals surface area contributed by atoms with Gasteiger partial charge in [-0.2, -0.15) is 5.10 Å². The summed E-state index contributed by atoms with van der Waals surface area (Å²) in [6.45, 7) is 2.89. The quantitative estimate of drug-likeness (QED) is 0.572. The van der Waals surface area contributed by atoms with Gasteiger partial charge in [-0.15, -0.1) is 0 Å². The fraction of sp³-hybridized carbons (Fsp3) is 0.750. The summed E-state index contributed by atoms with van der Waals surface area (Å²) < 4.78 is 24.8. The van der Waals surface area contributed by atoms with Crippen LogP contribution in [0, 0.1) is 5.92 Å². The highest BCUT2D eigenvalue weighted by Gasteiger charge is 2.29. The highest BCUT2D eigenvalue weighted by atomic mass is 32.2. The van der Waals surface area contributed by atoms with Crippen LogP contribution in [-0.2, 0) is 22.8 Å². The zero-order chi connectivity index (χ0) is 13.9. The molecule has 0 aromatic carbocycles. The van der Waals surface area contributed by atoms with Crippen molar-refractivity contribution < 1.29 is 8.42 Å². The van der Waals surface area contributed by atoms with Gasteiger partial charge in [0.1, 0.15) is 0 Å². The number of aromatic nitrogens is 2. The van der Waals surface area contributed by atoms with E-state index >= 15 is 0 Å². The summed E-state index contributed by atoms with van der Waals surface area (Å²) in [5, 5.41) is 4.23. The zero-order valence-electron chi connectivity index (χ0n) is 11.2. The highest BCUT2D eigenvalue weighted by molar-refractivity contribution is 7.91. The predicted octanol–water partition coefficient (Wildman–Crippen LogP) is 0.102. The summed E-state index contributed by atoms with van der Waals surface area (Å²) in [7, 11) is -2.81. The molecular formula is C12H22N4O2S. The molecule has 1 aliphatic heterocycles. The molecule has 1 aliphatic rings. The minimum atomic E-state index is -2.81. The van der Waals surface area contributed by atoms with Gasteiger partial charge in [0.15, 0.2) is 9.84 Å². The predicted molar refractivity (Wildman–Crippen MR) is 74.1 cm³/mol. The van der Waals surface area contributed by atoms with Crippen molar-refractivity contribution >= 4 is 9.84 Å². The lowest BCUT2D eigenvalue weighted by Crippen LogP contribution is -2.38. The van der Waals surface area contributed by atoms with Gasteiger partial charge in [-0.25, -0.2) is 8.42 Å². The molecule has 0 amide bonds. The smallest absolute Gasteiger partial charge is 0.150 e. The fourth-order valence-electron chi connectivity index (χ4n) is 2.64. The molecule has 0 saturated carbocycles. The van der Waals surface area contributed by atoms with E-state index in [1.54, 1.807) is 0 Å². The first-order valence-electron chi connectivity index (χ1n) is 6.70. The van der Waals surface area contributed by atoms with E-state index in [4.69, 9.17) is 5.84 Å². The second kappa shape index (κ2) is 6.02. The van der Waals surface area contributed by atoms with E-state index in [1.165, 1.54) is 0 Å². The van der Waals surface area contributed by atoms with Crippen LogP contribution in [0.15, 0.2) is 12.4 Å². The fourth-order valence-corrected chi connectivity index (χ4v) is 4.52. The van der Waals surface area contributed by atoms with E-state index < -0.39 is 9.84 Å². The minimum Gasteiger partial charge on any atom is -0.273 e. The third-order valence-electron chi connectivity index (χ3n) is 3.67. The van der Waals surface area contributed by atoms with E-state index in [0.29, 0.717) is 11.5 Å². The maximum Gasteiger partial charge on any atom is 0.150 e. The first-order valence-corrected chi connectivity index (χ1v) is 8.52. The van der Waals surface area contributed by atoms with Crippen LogP contribution in [0.25, 0.3) is 0 Å². The van der Waals surface area contributed by atoms with Crippen LogP contribution in [0.4, 0.5) is 0 Å². The van der Waals surface area contributed by atoms with Gasteiger partial charge in [0.25, 0.3) is 0 Å². The second-order valence-electron chi connectivity index (χ2n) is 5.28. The number of nitrogens with one attached hydrogen (secondary N) is 1. The molecule has 0 spiro atoms. The first kappa shape index (κ1) is 14.5. The largest absolute Gasteiger partial charge is 0.273 e. The molecule has 1 saturated heterocycles. The Morgan fingerprint density at radius 2 is 2.42 bits per heavy atom. The summed E-state index contributed by atoms with van der Waals surface area (Å²) in [4.78, 5) is 0. The van der Waals surface area contributed by atoms with Crippen molar-refractivity contribution in [3.63, 3.8) is 0 Å². The van der Waals surface area contributed by atoms with Crippen molar-refractivity contribution in [2.75, 3.05) is 11.5 Å². The van der Waals surface area contributed by atoms with E-state index in [9.17, 15) is 8.42 Å². The number of sulfone groups is 1. The van der Waals surface area contributed by atoms with Crippen molar-refractivity contribution in [1.29, 1.82) is 0 Å². The summed E-state index contributed by atoms with van der Waals surface area (Å²) >= 11 is 0. The summed E-state index contributed by atoms with van der Waals surface area (Å²) in [6, 6.07) is 0.104. The SMILES string of the molecule is CCn1cc(CC(CC2CCS(=O)(=O)C2)NN)cn1. The number of rotatable bonds is 6. The third-order valence-corrected chi connectivity index (χ3v) is 5.51. The van der Waals surface area contributed by atoms with Gasteiger partial charge in [-0.1, -0.05) is 0 Å². The van der Waals surface area contributed by atoms with Gasteiger partial charge in [0, 0.05) is 18.8 Å². The molecule has 6 nitrogen and oxygen atoms in total. The van der Waals surface area contributed by atoms with Crippen LogP contribution in [0.2, 0.25) is 0 Å². The van der Waals surface area contributed by atoms with Crippen molar-refractivity contribution in [3.8, 4) is 0 Å². The van der Waals surface area contributed by atoms with Crippen LogP contribution in [0.3, 0.4) is 0 Å². The standard InChI is InChI=1S/C12H22N4O2S/c1-2-16-8-11(7-14-16)6-12(15-13)5-10-3-4-19(17,18)9-10/h7-8,10,12,15H,2-6,9,13H2,1H3. The lowest BCUT2D eigenvalue weighted by molar-refractivity contribution is 0.408. The summed E-state index contributed by atoms with van der Waals surface area (Å²) in [6.07, 6.45) is 6.20. The average Bonchev–Trinajstić information content (AvgIpc) is 2.95. The van der Waals surface area contributed by atoms with Crippen LogP contribution >= 0.6 is 0 Å².